The van der Waals surface area contributed by atoms with Crippen LogP contribution in [0, 0.1) is 5.82 Å². The molecule has 0 heterocycles. The van der Waals surface area contributed by atoms with Crippen LogP contribution in [0.2, 0.25) is 0 Å². The number of likely N-dealkylation sites (N-methyl/N-ethyl adjacent to an activating group) is 1. The molecule has 0 aliphatic carbocycles. The third kappa shape index (κ3) is 5.14. The predicted molar refractivity (Wildman–Crippen MR) is 64.4 cm³/mol. The van der Waals surface area contributed by atoms with Crippen molar-refractivity contribution >= 4 is 11.6 Å². The smallest absolute Gasteiger partial charge is 0.123 e. The molecule has 1 rings (SSSR count). The molecular formula is C12H15ClFNO. The van der Waals surface area contributed by atoms with Crippen LogP contribution in [-0.2, 0) is 0 Å². The van der Waals surface area contributed by atoms with Gasteiger partial charge in [0.05, 0.1) is 0 Å². The molecule has 0 fully saturated rings. The van der Waals surface area contributed by atoms with E-state index in [4.69, 9.17) is 16.3 Å². The Morgan fingerprint density at radius 1 is 1.38 bits per heavy atom. The van der Waals surface area contributed by atoms with E-state index < -0.39 is 0 Å². The maximum absolute atomic E-state index is 12.6. The number of hydrogen-bond donors (Lipinski definition) is 0. The molecule has 0 saturated carbocycles. The first-order valence-electron chi connectivity index (χ1n) is 5.04. The van der Waals surface area contributed by atoms with Crippen molar-refractivity contribution in [3.8, 4) is 5.75 Å². The van der Waals surface area contributed by atoms with E-state index in [9.17, 15) is 4.39 Å². The van der Waals surface area contributed by atoms with Crippen LogP contribution in [0.4, 0.5) is 4.39 Å². The van der Waals surface area contributed by atoms with Crippen molar-refractivity contribution in [3.63, 3.8) is 0 Å². The standard InChI is InChI=1S/C12H15ClFNO/c1-15(8-2-7-13)9-10-16-12-5-3-11(14)4-6-12/h2-7H,8-10H2,1H3/b7-2+. The predicted octanol–water partition coefficient (Wildman–Crippen LogP) is 2.89. The lowest BCUT2D eigenvalue weighted by Crippen LogP contribution is -2.24. The van der Waals surface area contributed by atoms with E-state index >= 15 is 0 Å². The molecule has 88 valence electrons. The molecule has 0 bridgehead atoms. The molecule has 0 aromatic heterocycles. The van der Waals surface area contributed by atoms with Gasteiger partial charge in [-0.2, -0.15) is 0 Å². The van der Waals surface area contributed by atoms with Crippen LogP contribution in [0.1, 0.15) is 0 Å². The van der Waals surface area contributed by atoms with Crippen molar-refractivity contribution in [2.45, 2.75) is 0 Å². The van der Waals surface area contributed by atoms with E-state index in [1.54, 1.807) is 12.1 Å². The summed E-state index contributed by atoms with van der Waals surface area (Å²) in [5.74, 6) is 0.430. The Bertz CT molecular complexity index is 326. The van der Waals surface area contributed by atoms with Crippen molar-refractivity contribution in [2.24, 2.45) is 0 Å². The number of halogens is 2. The van der Waals surface area contributed by atoms with E-state index in [0.717, 1.165) is 13.1 Å². The quantitative estimate of drug-likeness (QED) is 0.762. The van der Waals surface area contributed by atoms with E-state index in [0.29, 0.717) is 12.4 Å². The Kier molecular flexibility index (Phi) is 5.90. The van der Waals surface area contributed by atoms with Gasteiger partial charge < -0.3 is 4.74 Å². The molecule has 0 atom stereocenters. The Balaban J connectivity index is 2.22. The molecule has 0 spiro atoms. The van der Waals surface area contributed by atoms with Crippen molar-refractivity contribution in [1.29, 1.82) is 0 Å². The summed E-state index contributed by atoms with van der Waals surface area (Å²) in [5.41, 5.74) is 1.50. The van der Waals surface area contributed by atoms with Crippen LogP contribution >= 0.6 is 11.6 Å². The van der Waals surface area contributed by atoms with Gasteiger partial charge in [-0.05, 0) is 31.3 Å². The average molecular weight is 244 g/mol. The second-order valence-electron chi connectivity index (χ2n) is 3.43. The zero-order valence-electron chi connectivity index (χ0n) is 9.20. The summed E-state index contributed by atoms with van der Waals surface area (Å²) in [4.78, 5) is 2.07. The fourth-order valence-electron chi connectivity index (χ4n) is 1.16. The lowest BCUT2D eigenvalue weighted by atomic mass is 10.3. The molecule has 0 unspecified atom stereocenters. The molecule has 0 N–H and O–H groups in total. The maximum Gasteiger partial charge on any atom is 0.123 e. The lowest BCUT2D eigenvalue weighted by Gasteiger charge is -2.14. The van der Waals surface area contributed by atoms with Crippen molar-refractivity contribution in [1.82, 2.24) is 4.90 Å². The maximum atomic E-state index is 12.6. The van der Waals surface area contributed by atoms with Gasteiger partial charge in [-0.3, -0.25) is 4.90 Å². The second-order valence-corrected chi connectivity index (χ2v) is 3.68. The summed E-state index contributed by atoms with van der Waals surface area (Å²) < 4.78 is 18.0. The minimum atomic E-state index is -0.253. The fourth-order valence-corrected chi connectivity index (χ4v) is 1.24. The van der Waals surface area contributed by atoms with Crippen LogP contribution in [0.3, 0.4) is 0 Å². The first-order chi connectivity index (χ1) is 7.72. The van der Waals surface area contributed by atoms with Crippen molar-refractivity contribution < 1.29 is 9.13 Å². The minimum Gasteiger partial charge on any atom is -0.492 e. The SMILES string of the molecule is CN(C/C=C/Cl)CCOc1ccc(F)cc1. The third-order valence-electron chi connectivity index (χ3n) is 2.06. The van der Waals surface area contributed by atoms with E-state index in [-0.39, 0.29) is 5.82 Å². The highest BCUT2D eigenvalue weighted by atomic mass is 35.5. The van der Waals surface area contributed by atoms with Crippen LogP contribution in [-0.4, -0.2) is 31.6 Å². The van der Waals surface area contributed by atoms with Gasteiger partial charge in [-0.25, -0.2) is 4.39 Å². The molecular weight excluding hydrogens is 229 g/mol. The first-order valence-corrected chi connectivity index (χ1v) is 5.48. The van der Waals surface area contributed by atoms with E-state index in [1.165, 1.54) is 17.7 Å². The van der Waals surface area contributed by atoms with Gasteiger partial charge in [0, 0.05) is 18.6 Å². The largest absolute Gasteiger partial charge is 0.492 e. The topological polar surface area (TPSA) is 12.5 Å². The summed E-state index contributed by atoms with van der Waals surface area (Å²) in [6.07, 6.45) is 1.86. The molecule has 1 aromatic rings. The van der Waals surface area contributed by atoms with E-state index in [1.807, 2.05) is 13.1 Å². The number of rotatable bonds is 6. The highest BCUT2D eigenvalue weighted by Crippen LogP contribution is 2.10. The minimum absolute atomic E-state index is 0.253. The van der Waals surface area contributed by atoms with Gasteiger partial charge in [-0.1, -0.05) is 17.7 Å². The molecule has 0 aliphatic rings. The van der Waals surface area contributed by atoms with Gasteiger partial charge in [0.2, 0.25) is 0 Å². The summed E-state index contributed by atoms with van der Waals surface area (Å²) >= 11 is 5.42. The lowest BCUT2D eigenvalue weighted by molar-refractivity contribution is 0.249. The van der Waals surface area contributed by atoms with Gasteiger partial charge in [0.25, 0.3) is 0 Å². The van der Waals surface area contributed by atoms with Gasteiger partial charge in [0.15, 0.2) is 0 Å². The van der Waals surface area contributed by atoms with E-state index in [2.05, 4.69) is 4.90 Å². The summed E-state index contributed by atoms with van der Waals surface area (Å²) in [7, 11) is 1.98. The highest BCUT2D eigenvalue weighted by Gasteiger charge is 1.97. The number of hydrogen-bond acceptors (Lipinski definition) is 2. The van der Waals surface area contributed by atoms with Crippen LogP contribution in [0.25, 0.3) is 0 Å². The number of benzene rings is 1. The van der Waals surface area contributed by atoms with Crippen LogP contribution in [0.15, 0.2) is 35.9 Å². The van der Waals surface area contributed by atoms with Gasteiger partial charge >= 0.3 is 0 Å². The second kappa shape index (κ2) is 7.25. The van der Waals surface area contributed by atoms with Crippen LogP contribution in [0.5, 0.6) is 5.75 Å². The van der Waals surface area contributed by atoms with Gasteiger partial charge in [0.1, 0.15) is 18.2 Å². The molecule has 0 saturated heterocycles. The average Bonchev–Trinajstić information content (AvgIpc) is 2.29. The molecule has 4 heteroatoms. The summed E-state index contributed by atoms with van der Waals surface area (Å²) in [6, 6.07) is 6.01. The fraction of sp³-hybridized carbons (Fsp3) is 0.333. The first kappa shape index (κ1) is 13.0. The normalized spacial score (nSPS) is 11.2. The summed E-state index contributed by atoms with van der Waals surface area (Å²) in [6.45, 7) is 2.15. The molecule has 0 radical (unpaired) electrons. The Hall–Kier alpha value is -1.06. The highest BCUT2D eigenvalue weighted by molar-refractivity contribution is 6.25. The number of nitrogens with zero attached hydrogens (tertiary/aromatic N) is 1. The summed E-state index contributed by atoms with van der Waals surface area (Å²) in [5, 5.41) is 0. The van der Waals surface area contributed by atoms with Crippen LogP contribution < -0.4 is 4.74 Å². The van der Waals surface area contributed by atoms with Gasteiger partial charge in [-0.15, -0.1) is 0 Å². The molecule has 0 aliphatic heterocycles. The van der Waals surface area contributed by atoms with Crippen molar-refractivity contribution in [3.05, 3.63) is 41.7 Å². The Morgan fingerprint density at radius 3 is 2.69 bits per heavy atom. The molecule has 1 aromatic carbocycles. The molecule has 16 heavy (non-hydrogen) atoms. The Morgan fingerprint density at radius 2 is 2.06 bits per heavy atom. The molecule has 2 nitrogen and oxygen atoms in total. The molecule has 0 amide bonds. The monoisotopic (exact) mass is 243 g/mol. The zero-order chi connectivity index (χ0) is 11.8. The Labute approximate surface area is 100 Å². The third-order valence-corrected chi connectivity index (χ3v) is 2.24. The zero-order valence-corrected chi connectivity index (χ0v) is 9.95. The number of ether oxygens (including phenoxy) is 1. The van der Waals surface area contributed by atoms with Crippen molar-refractivity contribution in [2.75, 3.05) is 26.7 Å².